The molecule has 0 unspecified atom stereocenters. The Morgan fingerprint density at radius 3 is 2.50 bits per heavy atom. The molecular weight excluding hydrogens is 467 g/mol. The van der Waals surface area contributed by atoms with Crippen LogP contribution in [0.3, 0.4) is 0 Å². The van der Waals surface area contributed by atoms with Crippen LogP contribution in [-0.2, 0) is 10.0 Å². The van der Waals surface area contributed by atoms with Crippen molar-refractivity contribution < 1.29 is 21.6 Å². The summed E-state index contributed by atoms with van der Waals surface area (Å²) in [5.74, 6) is -2.86. The fourth-order valence-corrected chi connectivity index (χ4v) is 5.07. The maximum absolute atomic E-state index is 15.4. The fraction of sp³-hybridized carbons (Fsp3) is 0.0435. The number of H-pyrrole nitrogens is 2. The zero-order valence-electron chi connectivity index (χ0n) is 17.5. The van der Waals surface area contributed by atoms with Gasteiger partial charge in [0.15, 0.2) is 17.5 Å². The van der Waals surface area contributed by atoms with Crippen molar-refractivity contribution in [3.05, 3.63) is 83.9 Å². The number of hydrogen-bond donors (Lipinski definition) is 3. The van der Waals surface area contributed by atoms with E-state index in [-0.39, 0.29) is 10.4 Å². The van der Waals surface area contributed by atoms with E-state index >= 15 is 8.78 Å². The van der Waals surface area contributed by atoms with E-state index in [1.54, 1.807) is 25.3 Å². The van der Waals surface area contributed by atoms with Crippen LogP contribution >= 0.6 is 0 Å². The van der Waals surface area contributed by atoms with Gasteiger partial charge in [0.1, 0.15) is 17.0 Å². The molecule has 2 heterocycles. The van der Waals surface area contributed by atoms with Gasteiger partial charge in [-0.1, -0.05) is 24.3 Å². The van der Waals surface area contributed by atoms with Gasteiger partial charge >= 0.3 is 0 Å². The van der Waals surface area contributed by atoms with Gasteiger partial charge in [-0.25, -0.2) is 26.6 Å². The minimum Gasteiger partial charge on any atom is -0.343 e. The third kappa shape index (κ3) is 3.50. The van der Waals surface area contributed by atoms with E-state index in [0.717, 1.165) is 12.1 Å². The summed E-state index contributed by atoms with van der Waals surface area (Å²) in [5, 5.41) is 6.94. The summed E-state index contributed by atoms with van der Waals surface area (Å²) in [5.41, 5.74) is -0.909. The van der Waals surface area contributed by atoms with Crippen LogP contribution in [0.15, 0.2) is 65.8 Å². The Kier molecular flexibility index (Phi) is 5.13. The van der Waals surface area contributed by atoms with E-state index in [4.69, 9.17) is 0 Å². The van der Waals surface area contributed by atoms with E-state index in [1.165, 1.54) is 30.5 Å². The lowest BCUT2D eigenvalue weighted by atomic mass is 10.0. The Labute approximate surface area is 191 Å². The van der Waals surface area contributed by atoms with Gasteiger partial charge in [0.2, 0.25) is 0 Å². The third-order valence-electron chi connectivity index (χ3n) is 5.39. The van der Waals surface area contributed by atoms with E-state index < -0.39 is 44.3 Å². The first kappa shape index (κ1) is 21.7. The lowest BCUT2D eigenvalue weighted by Gasteiger charge is -2.14. The second kappa shape index (κ2) is 8.03. The number of halogens is 3. The van der Waals surface area contributed by atoms with Crippen molar-refractivity contribution in [1.82, 2.24) is 20.2 Å². The first-order chi connectivity index (χ1) is 16.3. The molecule has 5 aromatic rings. The third-order valence-corrected chi connectivity index (χ3v) is 6.91. The van der Waals surface area contributed by atoms with Crippen LogP contribution in [0.25, 0.3) is 33.5 Å². The Morgan fingerprint density at radius 1 is 0.971 bits per heavy atom. The molecule has 0 spiro atoms. The van der Waals surface area contributed by atoms with Gasteiger partial charge in [0.05, 0.1) is 16.1 Å². The van der Waals surface area contributed by atoms with Crippen LogP contribution < -0.4 is 4.72 Å². The molecule has 0 radical (unpaired) electrons. The topological polar surface area (TPSA) is 104 Å². The second-order valence-electron chi connectivity index (χ2n) is 7.51. The number of benzene rings is 3. The van der Waals surface area contributed by atoms with Crippen LogP contribution in [0.5, 0.6) is 0 Å². The maximum atomic E-state index is 15.4. The molecule has 2 aromatic heterocycles. The Balaban J connectivity index is 1.61. The van der Waals surface area contributed by atoms with E-state index in [2.05, 4.69) is 24.9 Å². The van der Waals surface area contributed by atoms with Crippen molar-refractivity contribution in [2.75, 3.05) is 4.72 Å². The summed E-state index contributed by atoms with van der Waals surface area (Å²) < 4.78 is 73.2. The molecule has 0 aliphatic rings. The number of anilines is 1. The van der Waals surface area contributed by atoms with Crippen LogP contribution in [0.2, 0.25) is 0 Å². The number of rotatable bonds is 5. The van der Waals surface area contributed by atoms with Crippen LogP contribution in [0.1, 0.15) is 5.56 Å². The smallest absolute Gasteiger partial charge is 0.262 e. The summed E-state index contributed by atoms with van der Waals surface area (Å²) in [7, 11) is -4.18. The molecule has 0 fully saturated rings. The minimum absolute atomic E-state index is 0.0595. The number of aromatic nitrogens is 4. The summed E-state index contributed by atoms with van der Waals surface area (Å²) >= 11 is 0. The predicted octanol–water partition coefficient (Wildman–Crippen LogP) is 5.15. The monoisotopic (exact) mass is 483 g/mol. The van der Waals surface area contributed by atoms with Gasteiger partial charge in [-0.3, -0.25) is 9.82 Å². The van der Waals surface area contributed by atoms with Crippen molar-refractivity contribution in [2.45, 2.75) is 11.8 Å². The van der Waals surface area contributed by atoms with Crippen LogP contribution in [-0.4, -0.2) is 28.6 Å². The average molecular weight is 483 g/mol. The van der Waals surface area contributed by atoms with Crippen molar-refractivity contribution in [3.63, 3.8) is 0 Å². The van der Waals surface area contributed by atoms with E-state index in [9.17, 15) is 12.8 Å². The summed E-state index contributed by atoms with van der Waals surface area (Å²) in [6, 6.07) is 10.6. The molecule has 0 aliphatic carbocycles. The molecule has 0 bridgehead atoms. The normalized spacial score (nSPS) is 11.8. The van der Waals surface area contributed by atoms with Crippen molar-refractivity contribution in [2.24, 2.45) is 0 Å². The van der Waals surface area contributed by atoms with Gasteiger partial charge in [-0.15, -0.1) is 0 Å². The Morgan fingerprint density at radius 2 is 1.76 bits per heavy atom. The molecular formula is C23H16F3N5O2S. The zero-order chi connectivity index (χ0) is 24.0. The first-order valence-corrected chi connectivity index (χ1v) is 11.5. The standard InChI is InChI=1S/C23H16F3N5O2S/c1-12-4-2-3-5-17(12)34(32,33)31-16-9-8-15(24)18(20(16)26)13-6-7-14-21(19(13)25)29-30-22(14)23-27-10-11-28-23/h2-11,31H,1H3,(H,27,28)(H,29,30). The summed E-state index contributed by atoms with van der Waals surface area (Å²) in [6.07, 6.45) is 3.09. The number of sulfonamides is 1. The molecule has 11 heteroatoms. The molecule has 0 saturated heterocycles. The number of nitrogens with one attached hydrogen (secondary N) is 3. The molecule has 172 valence electrons. The highest BCUT2D eigenvalue weighted by molar-refractivity contribution is 7.92. The molecule has 3 aromatic carbocycles. The van der Waals surface area contributed by atoms with Gasteiger partial charge in [0.25, 0.3) is 10.0 Å². The van der Waals surface area contributed by atoms with E-state index in [1.807, 2.05) is 0 Å². The van der Waals surface area contributed by atoms with Gasteiger partial charge in [-0.2, -0.15) is 5.10 Å². The number of aromatic amines is 2. The maximum Gasteiger partial charge on any atom is 0.262 e. The van der Waals surface area contributed by atoms with Gasteiger partial charge < -0.3 is 4.98 Å². The van der Waals surface area contributed by atoms with Crippen LogP contribution in [0, 0.1) is 24.4 Å². The highest BCUT2D eigenvalue weighted by Crippen LogP contribution is 2.37. The Hall–Kier alpha value is -4.12. The molecule has 34 heavy (non-hydrogen) atoms. The van der Waals surface area contributed by atoms with Gasteiger partial charge in [0, 0.05) is 23.3 Å². The van der Waals surface area contributed by atoms with E-state index in [0.29, 0.717) is 22.5 Å². The number of hydrogen-bond acceptors (Lipinski definition) is 4. The number of fused-ring (bicyclic) bond motifs is 1. The predicted molar refractivity (Wildman–Crippen MR) is 121 cm³/mol. The van der Waals surface area contributed by atoms with Crippen molar-refractivity contribution >= 4 is 26.6 Å². The van der Waals surface area contributed by atoms with Gasteiger partial charge in [-0.05, 0) is 36.8 Å². The van der Waals surface area contributed by atoms with Crippen molar-refractivity contribution in [1.29, 1.82) is 0 Å². The lowest BCUT2D eigenvalue weighted by Crippen LogP contribution is -2.15. The molecule has 0 amide bonds. The zero-order valence-corrected chi connectivity index (χ0v) is 18.3. The minimum atomic E-state index is -4.18. The Bertz CT molecular complexity index is 1650. The summed E-state index contributed by atoms with van der Waals surface area (Å²) in [6.45, 7) is 1.59. The molecule has 0 atom stereocenters. The average Bonchev–Trinajstić information content (AvgIpc) is 3.47. The highest BCUT2D eigenvalue weighted by Gasteiger charge is 2.25. The summed E-state index contributed by atoms with van der Waals surface area (Å²) in [4.78, 5) is 6.88. The number of imidazole rings is 1. The fourth-order valence-electron chi connectivity index (χ4n) is 3.76. The molecule has 0 saturated carbocycles. The number of aryl methyl sites for hydroxylation is 1. The SMILES string of the molecule is Cc1ccccc1S(=O)(=O)Nc1ccc(F)c(-c2ccc3c(-c4ncc[nH]4)n[nH]c3c2F)c1F. The number of nitrogens with zero attached hydrogens (tertiary/aromatic N) is 2. The molecule has 5 rings (SSSR count). The molecule has 7 nitrogen and oxygen atoms in total. The highest BCUT2D eigenvalue weighted by atomic mass is 32.2. The lowest BCUT2D eigenvalue weighted by molar-refractivity contribution is 0.583. The first-order valence-electron chi connectivity index (χ1n) is 10.0. The van der Waals surface area contributed by atoms with Crippen molar-refractivity contribution in [3.8, 4) is 22.6 Å². The second-order valence-corrected chi connectivity index (χ2v) is 9.17. The quantitative estimate of drug-likeness (QED) is 0.322. The largest absolute Gasteiger partial charge is 0.343 e. The molecule has 3 N–H and O–H groups in total. The molecule has 0 aliphatic heterocycles. The van der Waals surface area contributed by atoms with Crippen LogP contribution in [0.4, 0.5) is 18.9 Å².